The van der Waals surface area contributed by atoms with E-state index < -0.39 is 0 Å². The lowest BCUT2D eigenvalue weighted by molar-refractivity contribution is 0.0495. The van der Waals surface area contributed by atoms with Crippen LogP contribution in [0.3, 0.4) is 0 Å². The van der Waals surface area contributed by atoms with Crippen LogP contribution in [-0.2, 0) is 13.1 Å². The number of para-hydroxylation sites is 1. The number of benzene rings is 2. The number of fused-ring (bicyclic) bond motifs is 1. The molecule has 6 nitrogen and oxygen atoms in total. The molecule has 150 valence electrons. The van der Waals surface area contributed by atoms with E-state index >= 15 is 0 Å². The minimum atomic E-state index is 0.199. The standard InChI is InChI=1S/C22H28N2O4/c1-26-20-6-2-4-17(12-20)13-24-10-9-23(15-19(24)8-11-25)14-18-5-3-7-21-22(18)28-16-27-21/h2-7,12,19,25H,8-11,13-16H2,1H3/t19-/m0/s1. The monoisotopic (exact) mass is 384 g/mol. The van der Waals surface area contributed by atoms with Crippen molar-refractivity contribution >= 4 is 0 Å². The van der Waals surface area contributed by atoms with Crippen LogP contribution in [0.5, 0.6) is 17.2 Å². The fraction of sp³-hybridized carbons (Fsp3) is 0.455. The second kappa shape index (κ2) is 8.82. The number of nitrogens with zero attached hydrogens (tertiary/aromatic N) is 2. The van der Waals surface area contributed by atoms with Gasteiger partial charge < -0.3 is 19.3 Å². The molecule has 2 aliphatic heterocycles. The van der Waals surface area contributed by atoms with Gasteiger partial charge in [0, 0.05) is 50.9 Å². The molecule has 0 aliphatic carbocycles. The molecule has 0 unspecified atom stereocenters. The molecular formula is C22H28N2O4. The van der Waals surface area contributed by atoms with Crippen molar-refractivity contribution in [1.82, 2.24) is 9.80 Å². The highest BCUT2D eigenvalue weighted by Gasteiger charge is 2.28. The summed E-state index contributed by atoms with van der Waals surface area (Å²) in [6.45, 7) is 5.08. The Hall–Kier alpha value is -2.28. The Balaban J connectivity index is 1.42. The lowest BCUT2D eigenvalue weighted by Gasteiger charge is -2.41. The van der Waals surface area contributed by atoms with Gasteiger partial charge in [-0.25, -0.2) is 0 Å². The van der Waals surface area contributed by atoms with Crippen molar-refractivity contribution in [1.29, 1.82) is 0 Å². The Kier molecular flexibility index (Phi) is 6.00. The number of aliphatic hydroxyl groups excluding tert-OH is 1. The van der Waals surface area contributed by atoms with E-state index in [2.05, 4.69) is 28.0 Å². The van der Waals surface area contributed by atoms with Gasteiger partial charge >= 0.3 is 0 Å². The van der Waals surface area contributed by atoms with Gasteiger partial charge in [0.05, 0.1) is 7.11 Å². The molecule has 1 N–H and O–H groups in total. The Morgan fingerprint density at radius 3 is 2.86 bits per heavy atom. The molecule has 1 fully saturated rings. The summed E-state index contributed by atoms with van der Waals surface area (Å²) in [4.78, 5) is 4.91. The molecule has 0 spiro atoms. The van der Waals surface area contributed by atoms with E-state index in [1.54, 1.807) is 7.11 Å². The first kappa shape index (κ1) is 19.1. The Labute approximate surface area is 166 Å². The van der Waals surface area contributed by atoms with E-state index in [0.717, 1.165) is 56.4 Å². The highest BCUT2D eigenvalue weighted by atomic mass is 16.7. The van der Waals surface area contributed by atoms with Crippen molar-refractivity contribution in [3.05, 3.63) is 53.6 Å². The van der Waals surface area contributed by atoms with E-state index in [-0.39, 0.29) is 6.61 Å². The van der Waals surface area contributed by atoms with Crippen LogP contribution < -0.4 is 14.2 Å². The molecule has 4 rings (SSSR count). The SMILES string of the molecule is COc1cccc(CN2CCN(Cc3cccc4c3OCO4)C[C@@H]2CCO)c1. The van der Waals surface area contributed by atoms with E-state index in [9.17, 15) is 5.11 Å². The normalized spacial score (nSPS) is 19.7. The summed E-state index contributed by atoms with van der Waals surface area (Å²) in [5.74, 6) is 2.59. The molecule has 0 aromatic heterocycles. The first-order valence-electron chi connectivity index (χ1n) is 9.84. The molecule has 0 radical (unpaired) electrons. The smallest absolute Gasteiger partial charge is 0.231 e. The van der Waals surface area contributed by atoms with Crippen LogP contribution in [0.1, 0.15) is 17.5 Å². The number of piperazine rings is 1. The second-order valence-corrected chi connectivity index (χ2v) is 7.37. The molecule has 1 saturated heterocycles. The average Bonchev–Trinajstić information content (AvgIpc) is 3.20. The zero-order chi connectivity index (χ0) is 19.3. The third-order valence-corrected chi connectivity index (χ3v) is 5.54. The first-order chi connectivity index (χ1) is 13.8. The van der Waals surface area contributed by atoms with Crippen LogP contribution in [-0.4, -0.2) is 61.1 Å². The topological polar surface area (TPSA) is 54.4 Å². The third-order valence-electron chi connectivity index (χ3n) is 5.54. The number of methoxy groups -OCH3 is 1. The van der Waals surface area contributed by atoms with Gasteiger partial charge in [0.1, 0.15) is 5.75 Å². The van der Waals surface area contributed by atoms with Crippen LogP contribution in [0.4, 0.5) is 0 Å². The van der Waals surface area contributed by atoms with Crippen molar-refractivity contribution in [3.8, 4) is 17.2 Å². The van der Waals surface area contributed by atoms with Crippen molar-refractivity contribution in [2.24, 2.45) is 0 Å². The van der Waals surface area contributed by atoms with E-state index in [1.165, 1.54) is 11.1 Å². The number of hydrogen-bond acceptors (Lipinski definition) is 6. The summed E-state index contributed by atoms with van der Waals surface area (Å²) in [7, 11) is 1.70. The van der Waals surface area contributed by atoms with Crippen LogP contribution in [0.2, 0.25) is 0 Å². The molecule has 2 aliphatic rings. The first-order valence-corrected chi connectivity index (χ1v) is 9.84. The van der Waals surface area contributed by atoms with E-state index in [4.69, 9.17) is 14.2 Å². The fourth-order valence-electron chi connectivity index (χ4n) is 4.09. The van der Waals surface area contributed by atoms with Gasteiger partial charge in [-0.2, -0.15) is 0 Å². The van der Waals surface area contributed by atoms with Crippen molar-refractivity contribution < 1.29 is 19.3 Å². The maximum Gasteiger partial charge on any atom is 0.231 e. The Morgan fingerprint density at radius 1 is 1.11 bits per heavy atom. The van der Waals surface area contributed by atoms with Crippen LogP contribution in [0, 0.1) is 0 Å². The van der Waals surface area contributed by atoms with Gasteiger partial charge in [-0.3, -0.25) is 9.80 Å². The second-order valence-electron chi connectivity index (χ2n) is 7.37. The molecule has 2 aromatic carbocycles. The largest absolute Gasteiger partial charge is 0.497 e. The van der Waals surface area contributed by atoms with Crippen molar-refractivity contribution in [2.45, 2.75) is 25.6 Å². The highest BCUT2D eigenvalue weighted by molar-refractivity contribution is 5.48. The predicted octanol–water partition coefficient (Wildman–Crippen LogP) is 2.49. The lowest BCUT2D eigenvalue weighted by atomic mass is 10.1. The molecule has 28 heavy (non-hydrogen) atoms. The Morgan fingerprint density at radius 2 is 2.00 bits per heavy atom. The molecule has 0 bridgehead atoms. The van der Waals surface area contributed by atoms with Gasteiger partial charge in [-0.1, -0.05) is 24.3 Å². The van der Waals surface area contributed by atoms with E-state index in [0.29, 0.717) is 12.8 Å². The summed E-state index contributed by atoms with van der Waals surface area (Å²) in [5, 5.41) is 9.59. The minimum Gasteiger partial charge on any atom is -0.497 e. The maximum atomic E-state index is 9.59. The van der Waals surface area contributed by atoms with Gasteiger partial charge in [-0.15, -0.1) is 0 Å². The quantitative estimate of drug-likeness (QED) is 0.792. The maximum absolute atomic E-state index is 9.59. The Bertz CT molecular complexity index is 798. The van der Waals surface area contributed by atoms with Gasteiger partial charge in [0.25, 0.3) is 0 Å². The third kappa shape index (κ3) is 4.24. The molecule has 6 heteroatoms. The molecule has 1 atom stereocenters. The fourth-order valence-corrected chi connectivity index (χ4v) is 4.09. The zero-order valence-electron chi connectivity index (χ0n) is 16.3. The predicted molar refractivity (Wildman–Crippen MR) is 107 cm³/mol. The minimum absolute atomic E-state index is 0.199. The highest BCUT2D eigenvalue weighted by Crippen LogP contribution is 2.36. The summed E-state index contributed by atoms with van der Waals surface area (Å²) >= 11 is 0. The van der Waals surface area contributed by atoms with Crippen molar-refractivity contribution in [3.63, 3.8) is 0 Å². The van der Waals surface area contributed by atoms with Crippen LogP contribution in [0.25, 0.3) is 0 Å². The summed E-state index contributed by atoms with van der Waals surface area (Å²) in [6, 6.07) is 14.6. The molecule has 2 aromatic rings. The summed E-state index contributed by atoms with van der Waals surface area (Å²) < 4.78 is 16.5. The van der Waals surface area contributed by atoms with E-state index in [1.807, 2.05) is 24.3 Å². The zero-order valence-corrected chi connectivity index (χ0v) is 16.3. The molecule has 0 saturated carbocycles. The van der Waals surface area contributed by atoms with Gasteiger partial charge in [0.15, 0.2) is 11.5 Å². The lowest BCUT2D eigenvalue weighted by Crippen LogP contribution is -2.52. The number of aliphatic hydroxyl groups is 1. The molecule has 2 heterocycles. The number of ether oxygens (including phenoxy) is 3. The summed E-state index contributed by atoms with van der Waals surface area (Å²) in [6.07, 6.45) is 0.771. The average molecular weight is 384 g/mol. The molecular weight excluding hydrogens is 356 g/mol. The van der Waals surface area contributed by atoms with Crippen LogP contribution in [0.15, 0.2) is 42.5 Å². The van der Waals surface area contributed by atoms with Gasteiger partial charge in [-0.05, 0) is 30.2 Å². The van der Waals surface area contributed by atoms with Crippen LogP contribution >= 0.6 is 0 Å². The molecule has 0 amide bonds. The van der Waals surface area contributed by atoms with Crippen molar-refractivity contribution in [2.75, 3.05) is 40.1 Å². The van der Waals surface area contributed by atoms with Gasteiger partial charge in [0.2, 0.25) is 6.79 Å². The summed E-state index contributed by atoms with van der Waals surface area (Å²) in [5.41, 5.74) is 2.40. The number of hydrogen-bond donors (Lipinski definition) is 1. The number of rotatable bonds is 7.